The summed E-state index contributed by atoms with van der Waals surface area (Å²) in [6, 6.07) is 12.7. The summed E-state index contributed by atoms with van der Waals surface area (Å²) in [5.41, 5.74) is 4.58. The van der Waals surface area contributed by atoms with E-state index in [0.717, 1.165) is 41.3 Å². The number of aromatic nitrogens is 3. The summed E-state index contributed by atoms with van der Waals surface area (Å²) in [5.74, 6) is 0.611. The van der Waals surface area contributed by atoms with Crippen LogP contribution in [0.15, 0.2) is 60.1 Å². The lowest BCUT2D eigenvalue weighted by Crippen LogP contribution is -2.32. The highest BCUT2D eigenvalue weighted by Gasteiger charge is 2.22. The lowest BCUT2D eigenvalue weighted by atomic mass is 10.0. The SMILES string of the molecule is C=Cc1nc(-c2ccccn2)nc2c1CN(c1ccc(S(C)(=O)=O)cc1)CC2. The summed E-state index contributed by atoms with van der Waals surface area (Å²) in [4.78, 5) is 16.3. The van der Waals surface area contributed by atoms with Crippen molar-refractivity contribution in [2.75, 3.05) is 17.7 Å². The van der Waals surface area contributed by atoms with Crippen LogP contribution >= 0.6 is 0 Å². The Morgan fingerprint density at radius 3 is 2.54 bits per heavy atom. The third kappa shape index (κ3) is 3.53. The van der Waals surface area contributed by atoms with Crippen LogP contribution < -0.4 is 4.90 Å². The Morgan fingerprint density at radius 2 is 1.89 bits per heavy atom. The number of pyridine rings is 1. The number of rotatable bonds is 4. The normalized spacial score (nSPS) is 13.8. The number of anilines is 1. The molecule has 0 atom stereocenters. The van der Waals surface area contributed by atoms with Gasteiger partial charge in [-0.2, -0.15) is 0 Å². The van der Waals surface area contributed by atoms with E-state index in [9.17, 15) is 8.42 Å². The minimum absolute atomic E-state index is 0.323. The highest BCUT2D eigenvalue weighted by Crippen LogP contribution is 2.28. The van der Waals surface area contributed by atoms with Crippen LogP contribution in [0.3, 0.4) is 0 Å². The Hall–Kier alpha value is -3.06. The van der Waals surface area contributed by atoms with E-state index in [1.807, 2.05) is 30.3 Å². The van der Waals surface area contributed by atoms with Gasteiger partial charge in [0.2, 0.25) is 0 Å². The molecule has 3 heterocycles. The van der Waals surface area contributed by atoms with Crippen LogP contribution in [0.1, 0.15) is 17.0 Å². The Labute approximate surface area is 164 Å². The summed E-state index contributed by atoms with van der Waals surface area (Å²) in [6.07, 6.45) is 5.47. The van der Waals surface area contributed by atoms with Crippen molar-refractivity contribution in [2.45, 2.75) is 17.9 Å². The molecule has 0 aliphatic carbocycles. The van der Waals surface area contributed by atoms with Crippen molar-refractivity contribution in [3.63, 3.8) is 0 Å². The largest absolute Gasteiger partial charge is 0.367 e. The Morgan fingerprint density at radius 1 is 1.11 bits per heavy atom. The Balaban J connectivity index is 1.66. The molecule has 1 aliphatic heterocycles. The van der Waals surface area contributed by atoms with Gasteiger partial charge in [-0.05, 0) is 42.5 Å². The van der Waals surface area contributed by atoms with Crippen LogP contribution in [0.4, 0.5) is 5.69 Å². The molecule has 28 heavy (non-hydrogen) atoms. The fourth-order valence-corrected chi connectivity index (χ4v) is 3.97. The van der Waals surface area contributed by atoms with Gasteiger partial charge in [-0.3, -0.25) is 4.98 Å². The topological polar surface area (TPSA) is 76.1 Å². The summed E-state index contributed by atoms with van der Waals surface area (Å²) in [7, 11) is -3.20. The van der Waals surface area contributed by atoms with E-state index in [1.54, 1.807) is 24.4 Å². The maximum Gasteiger partial charge on any atom is 0.178 e. The number of nitrogens with zero attached hydrogens (tertiary/aromatic N) is 4. The minimum atomic E-state index is -3.20. The second-order valence-corrected chi connectivity index (χ2v) is 8.73. The van der Waals surface area contributed by atoms with E-state index >= 15 is 0 Å². The van der Waals surface area contributed by atoms with Crippen LogP contribution in [0.2, 0.25) is 0 Å². The first-order valence-electron chi connectivity index (χ1n) is 8.94. The zero-order valence-electron chi connectivity index (χ0n) is 15.5. The molecule has 0 saturated heterocycles. The first-order chi connectivity index (χ1) is 13.5. The fourth-order valence-electron chi connectivity index (χ4n) is 3.34. The lowest BCUT2D eigenvalue weighted by molar-refractivity contribution is 0.602. The zero-order chi connectivity index (χ0) is 19.7. The number of hydrogen-bond donors (Lipinski definition) is 0. The third-order valence-corrected chi connectivity index (χ3v) is 5.94. The van der Waals surface area contributed by atoms with Gasteiger partial charge in [0.25, 0.3) is 0 Å². The van der Waals surface area contributed by atoms with Gasteiger partial charge in [0.05, 0.1) is 16.3 Å². The van der Waals surface area contributed by atoms with Gasteiger partial charge in [0.1, 0.15) is 5.69 Å². The number of hydrogen-bond acceptors (Lipinski definition) is 6. The summed E-state index contributed by atoms with van der Waals surface area (Å²) in [6.45, 7) is 5.36. The standard InChI is InChI=1S/C21H20N4O2S/c1-3-18-17-14-25(15-7-9-16(10-8-15)28(2,26)27)13-11-19(17)24-21(23-18)20-6-4-5-12-22-20/h3-10,12H,1,11,13-14H2,2H3. The smallest absolute Gasteiger partial charge is 0.178 e. The van der Waals surface area contributed by atoms with Crippen LogP contribution in [-0.4, -0.2) is 36.2 Å². The van der Waals surface area contributed by atoms with Gasteiger partial charge in [0, 0.05) is 43.2 Å². The van der Waals surface area contributed by atoms with Crippen LogP contribution in [0.25, 0.3) is 17.6 Å². The number of benzene rings is 1. The molecule has 0 bridgehead atoms. The van der Waals surface area contributed by atoms with Gasteiger partial charge in [0.15, 0.2) is 15.7 Å². The first kappa shape index (κ1) is 18.3. The van der Waals surface area contributed by atoms with Gasteiger partial charge in [-0.15, -0.1) is 0 Å². The highest BCUT2D eigenvalue weighted by atomic mass is 32.2. The average Bonchev–Trinajstić information content (AvgIpc) is 2.72. The molecule has 0 amide bonds. The summed E-state index contributed by atoms with van der Waals surface area (Å²) in [5, 5.41) is 0. The van der Waals surface area contributed by atoms with Crippen molar-refractivity contribution in [1.82, 2.24) is 15.0 Å². The molecule has 1 aromatic carbocycles. The second kappa shape index (κ2) is 7.16. The molecular formula is C21H20N4O2S. The molecule has 0 radical (unpaired) electrons. The van der Waals surface area contributed by atoms with Crippen molar-refractivity contribution < 1.29 is 8.42 Å². The molecule has 2 aromatic heterocycles. The molecule has 0 N–H and O–H groups in total. The average molecular weight is 392 g/mol. The Kier molecular flexibility index (Phi) is 4.68. The molecule has 1 aliphatic rings. The lowest BCUT2D eigenvalue weighted by Gasteiger charge is -2.31. The molecule has 0 saturated carbocycles. The molecule has 0 spiro atoms. The molecule has 0 unspecified atom stereocenters. The number of fused-ring (bicyclic) bond motifs is 1. The van der Waals surface area contributed by atoms with Crippen LogP contribution in [0, 0.1) is 0 Å². The maximum absolute atomic E-state index is 11.7. The quantitative estimate of drug-likeness (QED) is 0.679. The van der Waals surface area contributed by atoms with E-state index in [1.165, 1.54) is 6.26 Å². The molecule has 7 heteroatoms. The molecule has 3 aromatic rings. The maximum atomic E-state index is 11.7. The minimum Gasteiger partial charge on any atom is -0.367 e. The van der Waals surface area contributed by atoms with Gasteiger partial charge < -0.3 is 4.90 Å². The molecule has 6 nitrogen and oxygen atoms in total. The van der Waals surface area contributed by atoms with E-state index < -0.39 is 9.84 Å². The van der Waals surface area contributed by atoms with Crippen molar-refractivity contribution >= 4 is 21.6 Å². The van der Waals surface area contributed by atoms with E-state index in [-0.39, 0.29) is 0 Å². The van der Waals surface area contributed by atoms with Crippen LogP contribution in [0.5, 0.6) is 0 Å². The second-order valence-electron chi connectivity index (χ2n) is 6.71. The Bertz CT molecular complexity index is 1130. The van der Waals surface area contributed by atoms with Gasteiger partial charge in [-0.1, -0.05) is 12.6 Å². The summed E-state index contributed by atoms with van der Waals surface area (Å²) >= 11 is 0. The molecule has 4 rings (SSSR count). The predicted molar refractivity (Wildman–Crippen MR) is 110 cm³/mol. The first-order valence-corrected chi connectivity index (χ1v) is 10.8. The van der Waals surface area contributed by atoms with Crippen molar-refractivity contribution in [1.29, 1.82) is 0 Å². The highest BCUT2D eigenvalue weighted by molar-refractivity contribution is 7.90. The fraction of sp³-hybridized carbons (Fsp3) is 0.190. The van der Waals surface area contributed by atoms with E-state index in [4.69, 9.17) is 4.98 Å². The van der Waals surface area contributed by atoms with Crippen molar-refractivity contribution in [3.8, 4) is 11.5 Å². The van der Waals surface area contributed by atoms with Gasteiger partial charge in [-0.25, -0.2) is 18.4 Å². The predicted octanol–water partition coefficient (Wildman–Crippen LogP) is 3.15. The molecule has 142 valence electrons. The molecule has 0 fully saturated rings. The van der Waals surface area contributed by atoms with E-state index in [2.05, 4.69) is 21.4 Å². The summed E-state index contributed by atoms with van der Waals surface area (Å²) < 4.78 is 23.3. The monoisotopic (exact) mass is 392 g/mol. The number of sulfone groups is 1. The van der Waals surface area contributed by atoms with Crippen molar-refractivity contribution in [2.24, 2.45) is 0 Å². The van der Waals surface area contributed by atoms with E-state index in [0.29, 0.717) is 17.3 Å². The van der Waals surface area contributed by atoms with Gasteiger partial charge >= 0.3 is 0 Å². The molecular weight excluding hydrogens is 372 g/mol. The zero-order valence-corrected chi connectivity index (χ0v) is 16.4. The third-order valence-electron chi connectivity index (χ3n) is 4.81. The van der Waals surface area contributed by atoms with Crippen LogP contribution in [-0.2, 0) is 22.8 Å². The van der Waals surface area contributed by atoms with Crippen molar-refractivity contribution in [3.05, 3.63) is 72.2 Å².